The smallest absolute Gasteiger partial charge is 0.274 e. The van der Waals surface area contributed by atoms with Gasteiger partial charge in [-0.2, -0.15) is 0 Å². The number of alkyl halides is 1. The Morgan fingerprint density at radius 1 is 1.34 bits per heavy atom. The van der Waals surface area contributed by atoms with Crippen LogP contribution in [0.3, 0.4) is 0 Å². The molecule has 0 aliphatic heterocycles. The second-order valence-electron chi connectivity index (χ2n) is 9.17. The summed E-state index contributed by atoms with van der Waals surface area (Å²) in [6.07, 6.45) is 3.04. The molecule has 3 atom stereocenters. The molecule has 1 aromatic carbocycles. The largest absolute Gasteiger partial charge is 0.386 e. The van der Waals surface area contributed by atoms with Gasteiger partial charge in [0, 0.05) is 18.7 Å². The zero-order valence-electron chi connectivity index (χ0n) is 17.7. The van der Waals surface area contributed by atoms with E-state index in [-0.39, 0.29) is 35.6 Å². The van der Waals surface area contributed by atoms with Crippen molar-refractivity contribution in [3.8, 4) is 0 Å². The summed E-state index contributed by atoms with van der Waals surface area (Å²) in [7, 11) is 1.71. The summed E-state index contributed by atoms with van der Waals surface area (Å²) in [5, 5.41) is 13.4. The predicted octanol–water partition coefficient (Wildman–Crippen LogP) is 3.31. The third-order valence-corrected chi connectivity index (χ3v) is 7.41. The molecule has 172 valence electrons. The van der Waals surface area contributed by atoms with Crippen molar-refractivity contribution >= 4 is 29.1 Å². The lowest BCUT2D eigenvalue weighted by atomic mass is 9.81. The van der Waals surface area contributed by atoms with Crippen LogP contribution in [0.15, 0.2) is 24.5 Å². The van der Waals surface area contributed by atoms with E-state index in [2.05, 4.69) is 10.3 Å². The molecule has 4 N–H and O–H groups in total. The number of nitrogens with one attached hydrogen (secondary N) is 1. The second-order valence-corrected chi connectivity index (χ2v) is 9.58. The minimum absolute atomic E-state index is 0.00625. The van der Waals surface area contributed by atoms with Crippen LogP contribution in [0.1, 0.15) is 54.7 Å². The molecule has 2 aliphatic carbocycles. The Bertz CT molecular complexity index is 1070. The topological polar surface area (TPSA) is 110 Å². The Labute approximate surface area is 189 Å². The summed E-state index contributed by atoms with van der Waals surface area (Å²) in [6.45, 7) is 1.04. The molecule has 4 rings (SSSR count). The molecule has 2 saturated carbocycles. The van der Waals surface area contributed by atoms with E-state index in [1.54, 1.807) is 17.9 Å². The van der Waals surface area contributed by atoms with Crippen LogP contribution >= 0.6 is 11.6 Å². The number of aliphatic hydroxyl groups is 1. The minimum Gasteiger partial charge on any atom is -0.386 e. The fourth-order valence-electron chi connectivity index (χ4n) is 5.29. The summed E-state index contributed by atoms with van der Waals surface area (Å²) in [6, 6.07) is 3.92. The van der Waals surface area contributed by atoms with Crippen molar-refractivity contribution in [3.05, 3.63) is 46.8 Å². The van der Waals surface area contributed by atoms with E-state index < -0.39 is 28.9 Å². The maximum Gasteiger partial charge on any atom is 0.274 e. The highest BCUT2D eigenvalue weighted by molar-refractivity contribution is 6.31. The van der Waals surface area contributed by atoms with Gasteiger partial charge in [-0.25, -0.2) is 13.8 Å². The van der Waals surface area contributed by atoms with Crippen molar-refractivity contribution in [2.75, 3.05) is 5.32 Å². The number of hydrogen-bond donors (Lipinski definition) is 3. The Kier molecular flexibility index (Phi) is 5.53. The Hall–Kier alpha value is -2.52. The van der Waals surface area contributed by atoms with Gasteiger partial charge in [-0.05, 0) is 62.6 Å². The third-order valence-electron chi connectivity index (χ3n) is 7.12. The van der Waals surface area contributed by atoms with Gasteiger partial charge in [-0.1, -0.05) is 11.6 Å². The highest BCUT2D eigenvalue weighted by atomic mass is 35.5. The van der Waals surface area contributed by atoms with E-state index >= 15 is 0 Å². The van der Waals surface area contributed by atoms with Crippen molar-refractivity contribution in [2.24, 2.45) is 24.6 Å². The van der Waals surface area contributed by atoms with Crippen LogP contribution in [-0.4, -0.2) is 37.7 Å². The monoisotopic (exact) mass is 466 g/mol. The maximum atomic E-state index is 14.8. The number of primary amides is 1. The van der Waals surface area contributed by atoms with Crippen molar-refractivity contribution in [1.82, 2.24) is 9.55 Å². The van der Waals surface area contributed by atoms with Crippen LogP contribution in [0.5, 0.6) is 0 Å². The summed E-state index contributed by atoms with van der Waals surface area (Å²) in [5.74, 6) is -2.21. The van der Waals surface area contributed by atoms with Gasteiger partial charge in [0.15, 0.2) is 0 Å². The average Bonchev–Trinajstić information content (AvgIpc) is 3.35. The number of imidazole rings is 1. The number of nitrogens with zero attached hydrogens (tertiary/aromatic N) is 2. The number of rotatable bonds is 5. The van der Waals surface area contributed by atoms with Crippen molar-refractivity contribution in [2.45, 2.75) is 49.8 Å². The van der Waals surface area contributed by atoms with Crippen molar-refractivity contribution in [1.29, 1.82) is 0 Å². The lowest BCUT2D eigenvalue weighted by molar-refractivity contribution is -0.150. The summed E-state index contributed by atoms with van der Waals surface area (Å²) < 4.78 is 29.9. The maximum absolute atomic E-state index is 14.8. The molecule has 0 radical (unpaired) electrons. The highest BCUT2D eigenvalue weighted by Crippen LogP contribution is 2.57. The van der Waals surface area contributed by atoms with E-state index in [1.165, 1.54) is 18.2 Å². The van der Waals surface area contributed by atoms with Gasteiger partial charge < -0.3 is 20.7 Å². The number of halogens is 3. The van der Waals surface area contributed by atoms with Crippen LogP contribution in [0.4, 0.5) is 14.5 Å². The summed E-state index contributed by atoms with van der Waals surface area (Å²) in [5.41, 5.74) is 2.24. The molecule has 2 aliphatic rings. The number of hydrogen-bond acceptors (Lipinski definition) is 4. The molecular weight excluding hydrogens is 442 g/mol. The van der Waals surface area contributed by atoms with Crippen LogP contribution < -0.4 is 11.1 Å². The van der Waals surface area contributed by atoms with Crippen LogP contribution in [0, 0.1) is 17.7 Å². The standard InChI is InChI=1S/C22H25ClF2N4O3/c1-21(25,20(26)31)22(32)8-12-5-11(6-13(12)9-22)17-18(29(2)10-27-17)19(30)28-14-3-4-16(24)15(23)7-14/h3-4,7,10-13,32H,5-6,8-9H2,1-2H3,(H2,26,31)(H,28,30). The first-order chi connectivity index (χ1) is 14.9. The lowest BCUT2D eigenvalue weighted by Crippen LogP contribution is -2.55. The van der Waals surface area contributed by atoms with Crippen LogP contribution in [0.2, 0.25) is 5.02 Å². The number of fused-ring (bicyclic) bond motifs is 1. The SMILES string of the molecule is Cn1cnc(C2CC3CC(O)(C(C)(F)C(N)=O)CC3C2)c1C(=O)Nc1ccc(F)c(Cl)c1. The predicted molar refractivity (Wildman–Crippen MR) is 114 cm³/mol. The van der Waals surface area contributed by atoms with Gasteiger partial charge in [0.25, 0.3) is 11.8 Å². The lowest BCUT2D eigenvalue weighted by Gasteiger charge is -2.34. The second kappa shape index (κ2) is 7.81. The highest BCUT2D eigenvalue weighted by Gasteiger charge is 2.60. The number of aromatic nitrogens is 2. The quantitative estimate of drug-likeness (QED) is 0.627. The molecule has 1 heterocycles. The first-order valence-corrected chi connectivity index (χ1v) is 10.8. The minimum atomic E-state index is -2.50. The zero-order chi connectivity index (χ0) is 23.4. The molecule has 1 aromatic heterocycles. The van der Waals surface area contributed by atoms with E-state index in [0.717, 1.165) is 6.92 Å². The molecule has 2 aromatic rings. The molecule has 7 nitrogen and oxygen atoms in total. The first-order valence-electron chi connectivity index (χ1n) is 10.4. The molecule has 2 fully saturated rings. The molecule has 32 heavy (non-hydrogen) atoms. The Morgan fingerprint density at radius 2 is 1.97 bits per heavy atom. The molecular formula is C22H25ClF2N4O3. The number of aryl methyl sites for hydroxylation is 1. The van der Waals surface area contributed by atoms with Gasteiger partial charge in [-0.15, -0.1) is 0 Å². The molecule has 10 heteroatoms. The number of benzene rings is 1. The number of carbonyl (C=O) groups is 2. The number of nitrogens with two attached hydrogens (primary N) is 1. The number of carbonyl (C=O) groups excluding carboxylic acids is 2. The normalized spacial score (nSPS) is 28.9. The first kappa shape index (κ1) is 22.7. The third kappa shape index (κ3) is 3.67. The van der Waals surface area contributed by atoms with E-state index in [1.807, 2.05) is 0 Å². The molecule has 0 saturated heterocycles. The molecule has 0 bridgehead atoms. The van der Waals surface area contributed by atoms with E-state index in [0.29, 0.717) is 29.9 Å². The fourth-order valence-corrected chi connectivity index (χ4v) is 5.47. The van der Waals surface area contributed by atoms with Gasteiger partial charge in [0.05, 0.1) is 17.0 Å². The average molecular weight is 467 g/mol. The molecule has 2 amide bonds. The summed E-state index contributed by atoms with van der Waals surface area (Å²) >= 11 is 5.80. The van der Waals surface area contributed by atoms with Gasteiger partial charge in [-0.3, -0.25) is 9.59 Å². The zero-order valence-corrected chi connectivity index (χ0v) is 18.5. The van der Waals surface area contributed by atoms with E-state index in [4.69, 9.17) is 17.3 Å². The Balaban J connectivity index is 1.51. The summed E-state index contributed by atoms with van der Waals surface area (Å²) in [4.78, 5) is 28.9. The van der Waals surface area contributed by atoms with Crippen LogP contribution in [-0.2, 0) is 11.8 Å². The van der Waals surface area contributed by atoms with Crippen molar-refractivity contribution < 1.29 is 23.5 Å². The molecule has 3 unspecified atom stereocenters. The number of anilines is 1. The molecule has 0 spiro atoms. The van der Waals surface area contributed by atoms with Gasteiger partial charge >= 0.3 is 0 Å². The number of amides is 2. The van der Waals surface area contributed by atoms with Crippen molar-refractivity contribution in [3.63, 3.8) is 0 Å². The Morgan fingerprint density at radius 3 is 2.53 bits per heavy atom. The van der Waals surface area contributed by atoms with Gasteiger partial charge in [0.2, 0.25) is 5.67 Å². The van der Waals surface area contributed by atoms with Gasteiger partial charge in [0.1, 0.15) is 17.1 Å². The van der Waals surface area contributed by atoms with E-state index in [9.17, 15) is 23.5 Å². The fraction of sp³-hybridized carbons (Fsp3) is 0.500. The van der Waals surface area contributed by atoms with Crippen LogP contribution in [0.25, 0.3) is 0 Å².